The molecule has 0 aliphatic heterocycles. The summed E-state index contributed by atoms with van der Waals surface area (Å²) >= 11 is 1.67. The van der Waals surface area contributed by atoms with Gasteiger partial charge < -0.3 is 14.6 Å². The molecular formula is C16H20N2O3S. The number of amides is 1. The van der Waals surface area contributed by atoms with E-state index >= 15 is 0 Å². The highest BCUT2D eigenvalue weighted by molar-refractivity contribution is 7.98. The number of hydrogen-bond donors (Lipinski definition) is 1. The van der Waals surface area contributed by atoms with Gasteiger partial charge in [0.05, 0.1) is 0 Å². The number of nitrogens with zero attached hydrogens (tertiary/aromatic N) is 1. The summed E-state index contributed by atoms with van der Waals surface area (Å²) < 4.78 is 10.9. The van der Waals surface area contributed by atoms with Crippen LogP contribution in [0, 0.1) is 13.8 Å². The predicted molar refractivity (Wildman–Crippen MR) is 87.5 cm³/mol. The van der Waals surface area contributed by atoms with E-state index in [1.807, 2.05) is 38.3 Å². The molecule has 118 valence electrons. The van der Waals surface area contributed by atoms with Gasteiger partial charge in [0.25, 0.3) is 5.91 Å². The number of ether oxygens (including phenoxy) is 1. The van der Waals surface area contributed by atoms with E-state index in [0.717, 1.165) is 22.6 Å². The zero-order chi connectivity index (χ0) is 15.9. The molecule has 0 unspecified atom stereocenters. The molecule has 0 fully saturated rings. The third-order valence-electron chi connectivity index (χ3n) is 3.10. The smallest absolute Gasteiger partial charge is 0.273 e. The summed E-state index contributed by atoms with van der Waals surface area (Å²) in [4.78, 5) is 11.8. The molecule has 0 radical (unpaired) electrons. The molecule has 0 atom stereocenters. The summed E-state index contributed by atoms with van der Waals surface area (Å²) in [5, 5.41) is 6.55. The first kappa shape index (κ1) is 16.4. The first-order chi connectivity index (χ1) is 10.6. The normalized spacial score (nSPS) is 10.5. The average molecular weight is 320 g/mol. The highest BCUT2D eigenvalue weighted by atomic mass is 32.2. The van der Waals surface area contributed by atoms with Crippen LogP contribution < -0.4 is 10.1 Å². The number of rotatable bonds is 7. The molecule has 2 rings (SSSR count). The molecule has 0 bridgehead atoms. The van der Waals surface area contributed by atoms with Crippen LogP contribution in [0.15, 0.2) is 28.8 Å². The van der Waals surface area contributed by atoms with Gasteiger partial charge >= 0.3 is 0 Å². The monoisotopic (exact) mass is 320 g/mol. The van der Waals surface area contributed by atoms with Crippen LogP contribution in [0.3, 0.4) is 0 Å². The van der Waals surface area contributed by atoms with E-state index in [2.05, 4.69) is 10.5 Å². The zero-order valence-electron chi connectivity index (χ0n) is 13.0. The molecule has 1 aromatic heterocycles. The predicted octanol–water partition coefficient (Wildman–Crippen LogP) is 2.96. The number of thioether (sulfide) groups is 1. The molecule has 5 nitrogen and oxygen atoms in total. The van der Waals surface area contributed by atoms with Gasteiger partial charge in [-0.1, -0.05) is 17.3 Å². The first-order valence-corrected chi connectivity index (χ1v) is 8.42. The van der Waals surface area contributed by atoms with Crippen molar-refractivity contribution >= 4 is 17.7 Å². The zero-order valence-corrected chi connectivity index (χ0v) is 13.8. The minimum Gasteiger partial charge on any atom is -0.485 e. The van der Waals surface area contributed by atoms with E-state index in [4.69, 9.17) is 9.26 Å². The Labute approximate surface area is 134 Å². The Bertz CT molecular complexity index is 640. The molecule has 1 aromatic carbocycles. The lowest BCUT2D eigenvalue weighted by molar-refractivity contribution is 0.0947. The van der Waals surface area contributed by atoms with E-state index in [-0.39, 0.29) is 18.2 Å². The highest BCUT2D eigenvalue weighted by Gasteiger charge is 2.12. The second-order valence-corrected chi connectivity index (χ2v) is 5.97. The lowest BCUT2D eigenvalue weighted by Crippen LogP contribution is -2.25. The Hall–Kier alpha value is -1.95. The maximum Gasteiger partial charge on any atom is 0.273 e. The van der Waals surface area contributed by atoms with Gasteiger partial charge in [-0.2, -0.15) is 11.8 Å². The van der Waals surface area contributed by atoms with Gasteiger partial charge in [0.15, 0.2) is 11.5 Å². The quantitative estimate of drug-likeness (QED) is 0.795. The molecule has 1 heterocycles. The van der Waals surface area contributed by atoms with Crippen molar-refractivity contribution in [2.24, 2.45) is 0 Å². The number of carbonyl (C=O) groups is 1. The van der Waals surface area contributed by atoms with E-state index in [9.17, 15) is 4.79 Å². The minimum atomic E-state index is -0.226. The molecule has 0 saturated heterocycles. The number of aromatic nitrogens is 1. The van der Waals surface area contributed by atoms with Crippen molar-refractivity contribution in [1.29, 1.82) is 0 Å². The molecular weight excluding hydrogens is 300 g/mol. The van der Waals surface area contributed by atoms with Crippen molar-refractivity contribution in [1.82, 2.24) is 10.5 Å². The molecule has 0 aliphatic rings. The topological polar surface area (TPSA) is 64.4 Å². The summed E-state index contributed by atoms with van der Waals surface area (Å²) in [5.74, 6) is 1.97. The summed E-state index contributed by atoms with van der Waals surface area (Å²) in [5.41, 5.74) is 2.47. The van der Waals surface area contributed by atoms with Crippen molar-refractivity contribution in [3.63, 3.8) is 0 Å². The molecule has 0 saturated carbocycles. The number of carbonyl (C=O) groups excluding carboxylic acids is 1. The fraction of sp³-hybridized carbons (Fsp3) is 0.375. The third kappa shape index (κ3) is 4.53. The fourth-order valence-corrected chi connectivity index (χ4v) is 2.16. The van der Waals surface area contributed by atoms with Gasteiger partial charge in [-0.3, -0.25) is 4.79 Å². The lowest BCUT2D eigenvalue weighted by Gasteiger charge is -2.07. The van der Waals surface area contributed by atoms with Crippen LogP contribution in [0.4, 0.5) is 0 Å². The fourth-order valence-electron chi connectivity index (χ4n) is 1.86. The summed E-state index contributed by atoms with van der Waals surface area (Å²) in [7, 11) is 0. The first-order valence-electron chi connectivity index (χ1n) is 7.03. The molecule has 0 aliphatic carbocycles. The second kappa shape index (κ2) is 7.89. The molecule has 22 heavy (non-hydrogen) atoms. The van der Waals surface area contributed by atoms with Crippen LogP contribution in [0.5, 0.6) is 5.75 Å². The van der Waals surface area contributed by atoms with Crippen LogP contribution in [-0.2, 0) is 6.61 Å². The largest absolute Gasteiger partial charge is 0.485 e. The summed E-state index contributed by atoms with van der Waals surface area (Å²) in [6.07, 6.45) is 1.99. The van der Waals surface area contributed by atoms with Crippen molar-refractivity contribution in [3.8, 4) is 5.75 Å². The second-order valence-electron chi connectivity index (χ2n) is 4.98. The highest BCUT2D eigenvalue weighted by Crippen LogP contribution is 2.20. The van der Waals surface area contributed by atoms with Crippen LogP contribution in [0.25, 0.3) is 0 Å². The van der Waals surface area contributed by atoms with Gasteiger partial charge in [0, 0.05) is 18.4 Å². The maximum absolute atomic E-state index is 11.8. The molecule has 6 heteroatoms. The van der Waals surface area contributed by atoms with Crippen molar-refractivity contribution in [3.05, 3.63) is 46.8 Å². The van der Waals surface area contributed by atoms with Crippen LogP contribution in [-0.4, -0.2) is 29.6 Å². The molecule has 0 spiro atoms. The molecule has 1 N–H and O–H groups in total. The Kier molecular flexibility index (Phi) is 5.89. The van der Waals surface area contributed by atoms with Gasteiger partial charge in [-0.25, -0.2) is 0 Å². The lowest BCUT2D eigenvalue weighted by atomic mass is 10.1. The number of hydrogen-bond acceptors (Lipinski definition) is 5. The Morgan fingerprint density at radius 3 is 2.95 bits per heavy atom. The number of benzene rings is 1. The van der Waals surface area contributed by atoms with Gasteiger partial charge in [0.1, 0.15) is 12.4 Å². The summed E-state index contributed by atoms with van der Waals surface area (Å²) in [6.45, 7) is 4.86. The van der Waals surface area contributed by atoms with Crippen LogP contribution in [0.2, 0.25) is 0 Å². The van der Waals surface area contributed by atoms with Gasteiger partial charge in [-0.15, -0.1) is 0 Å². The molecule has 1 amide bonds. The Morgan fingerprint density at radius 1 is 1.36 bits per heavy atom. The standard InChI is InChI=1S/C16H20N2O3S/c1-11-4-5-12(2)15(8-11)20-10-13-9-14(18-21-13)16(19)17-6-7-22-3/h4-5,8-9H,6-7,10H2,1-3H3,(H,17,19). The number of nitrogens with one attached hydrogen (secondary N) is 1. The van der Waals surface area contributed by atoms with E-state index in [1.165, 1.54) is 0 Å². The average Bonchev–Trinajstić information content (AvgIpc) is 2.97. The van der Waals surface area contributed by atoms with Crippen LogP contribution in [0.1, 0.15) is 27.4 Å². The minimum absolute atomic E-state index is 0.226. The van der Waals surface area contributed by atoms with Gasteiger partial charge in [0.2, 0.25) is 0 Å². The van der Waals surface area contributed by atoms with Gasteiger partial charge in [-0.05, 0) is 37.3 Å². The van der Waals surface area contributed by atoms with Crippen molar-refractivity contribution in [2.75, 3.05) is 18.6 Å². The Balaban J connectivity index is 1.92. The van der Waals surface area contributed by atoms with Crippen molar-refractivity contribution < 1.29 is 14.1 Å². The van der Waals surface area contributed by atoms with E-state index < -0.39 is 0 Å². The third-order valence-corrected chi connectivity index (χ3v) is 3.71. The van der Waals surface area contributed by atoms with Crippen molar-refractivity contribution in [2.45, 2.75) is 20.5 Å². The van der Waals surface area contributed by atoms with Crippen LogP contribution >= 0.6 is 11.8 Å². The summed E-state index contributed by atoms with van der Waals surface area (Å²) in [6, 6.07) is 7.63. The Morgan fingerprint density at radius 2 is 2.18 bits per heavy atom. The number of aryl methyl sites for hydroxylation is 2. The molecule has 2 aromatic rings. The SMILES string of the molecule is CSCCNC(=O)c1cc(COc2cc(C)ccc2C)on1. The maximum atomic E-state index is 11.8. The van der Waals surface area contributed by atoms with E-state index in [1.54, 1.807) is 17.8 Å². The van der Waals surface area contributed by atoms with E-state index in [0.29, 0.717) is 12.3 Å².